The summed E-state index contributed by atoms with van der Waals surface area (Å²) in [5.41, 5.74) is 0.172. The van der Waals surface area contributed by atoms with Crippen LogP contribution in [0.4, 0.5) is 0 Å². The molecule has 2 heterocycles. The molecule has 2 aliphatic rings. The second kappa shape index (κ2) is 5.77. The molecule has 2 atom stereocenters. The number of piperidine rings is 1. The van der Waals surface area contributed by atoms with Crippen LogP contribution in [0.2, 0.25) is 0 Å². The van der Waals surface area contributed by atoms with E-state index < -0.39 is 12.0 Å². The van der Waals surface area contributed by atoms with E-state index in [0.717, 1.165) is 37.2 Å². The summed E-state index contributed by atoms with van der Waals surface area (Å²) in [6, 6.07) is 3.04. The van der Waals surface area contributed by atoms with Gasteiger partial charge in [0.15, 0.2) is 6.04 Å². The van der Waals surface area contributed by atoms with Gasteiger partial charge in [-0.1, -0.05) is 6.07 Å². The molecule has 114 valence electrons. The van der Waals surface area contributed by atoms with E-state index in [1.807, 2.05) is 17.5 Å². The lowest BCUT2D eigenvalue weighted by Crippen LogP contribution is -2.37. The highest BCUT2D eigenvalue weighted by molar-refractivity contribution is 7.10. The molecule has 1 aliphatic carbocycles. The van der Waals surface area contributed by atoms with Gasteiger partial charge in [0.1, 0.15) is 0 Å². The number of carbonyl (C=O) groups is 2. The maximum Gasteiger partial charge on any atom is 0.333 e. The van der Waals surface area contributed by atoms with Gasteiger partial charge in [-0.25, -0.2) is 4.79 Å². The number of rotatable bonds is 4. The highest BCUT2D eigenvalue weighted by Gasteiger charge is 2.58. The summed E-state index contributed by atoms with van der Waals surface area (Å²) in [5, 5.41) is 8.10. The predicted molar refractivity (Wildman–Crippen MR) is 79.9 cm³/mol. The number of esters is 1. The summed E-state index contributed by atoms with van der Waals surface area (Å²) >= 11 is 1.45. The average Bonchev–Trinajstić information content (AvgIpc) is 2.96. The van der Waals surface area contributed by atoms with Gasteiger partial charge < -0.3 is 15.4 Å². The van der Waals surface area contributed by atoms with Gasteiger partial charge in [-0.05, 0) is 49.2 Å². The number of carbonyl (C=O) groups excluding carboxylic acids is 2. The third kappa shape index (κ3) is 2.82. The molecule has 1 aromatic heterocycles. The van der Waals surface area contributed by atoms with Crippen LogP contribution in [0.25, 0.3) is 0 Å². The fourth-order valence-electron chi connectivity index (χ4n) is 3.26. The molecule has 1 amide bonds. The first-order valence-electron chi connectivity index (χ1n) is 7.29. The fraction of sp³-hybridized carbons (Fsp3) is 0.600. The zero-order valence-corrected chi connectivity index (χ0v) is 12.9. The lowest BCUT2D eigenvalue weighted by molar-refractivity contribution is -0.145. The molecule has 1 saturated carbocycles. The second-order valence-electron chi connectivity index (χ2n) is 5.85. The highest BCUT2D eigenvalue weighted by atomic mass is 32.1. The van der Waals surface area contributed by atoms with Crippen LogP contribution in [0.15, 0.2) is 17.5 Å². The Morgan fingerprint density at radius 3 is 2.86 bits per heavy atom. The molecule has 5 nitrogen and oxygen atoms in total. The van der Waals surface area contributed by atoms with Crippen LogP contribution in [-0.4, -0.2) is 32.1 Å². The minimum absolute atomic E-state index is 0.0132. The van der Waals surface area contributed by atoms with E-state index in [0.29, 0.717) is 0 Å². The number of nitrogens with one attached hydrogen (secondary N) is 2. The van der Waals surface area contributed by atoms with Gasteiger partial charge in [-0.2, -0.15) is 0 Å². The Morgan fingerprint density at radius 2 is 2.24 bits per heavy atom. The Labute approximate surface area is 128 Å². The summed E-state index contributed by atoms with van der Waals surface area (Å²) in [5.74, 6) is -0.377. The third-order valence-corrected chi connectivity index (χ3v) is 5.59. The van der Waals surface area contributed by atoms with Crippen molar-refractivity contribution in [3.63, 3.8) is 0 Å². The number of hydrogen-bond donors (Lipinski definition) is 2. The number of ether oxygens (including phenoxy) is 1. The monoisotopic (exact) mass is 308 g/mol. The summed E-state index contributed by atoms with van der Waals surface area (Å²) in [4.78, 5) is 25.2. The van der Waals surface area contributed by atoms with Crippen LogP contribution in [0.5, 0.6) is 0 Å². The van der Waals surface area contributed by atoms with Gasteiger partial charge >= 0.3 is 5.97 Å². The van der Waals surface area contributed by atoms with Crippen molar-refractivity contribution < 1.29 is 14.3 Å². The van der Waals surface area contributed by atoms with E-state index in [1.54, 1.807) is 0 Å². The van der Waals surface area contributed by atoms with Crippen molar-refractivity contribution >= 4 is 23.2 Å². The van der Waals surface area contributed by atoms with Crippen molar-refractivity contribution in [1.29, 1.82) is 0 Å². The van der Waals surface area contributed by atoms with E-state index in [1.165, 1.54) is 18.4 Å². The van der Waals surface area contributed by atoms with Crippen molar-refractivity contribution in [2.45, 2.75) is 25.3 Å². The van der Waals surface area contributed by atoms with Gasteiger partial charge in [0.2, 0.25) is 5.91 Å². The summed E-state index contributed by atoms with van der Waals surface area (Å²) in [6.07, 6.45) is 3.04. The van der Waals surface area contributed by atoms with Crippen molar-refractivity contribution in [1.82, 2.24) is 10.6 Å². The lowest BCUT2D eigenvalue weighted by atomic mass is 9.91. The topological polar surface area (TPSA) is 67.4 Å². The minimum atomic E-state index is -0.679. The van der Waals surface area contributed by atoms with Gasteiger partial charge in [-0.3, -0.25) is 4.79 Å². The van der Waals surface area contributed by atoms with Crippen LogP contribution < -0.4 is 10.6 Å². The van der Waals surface area contributed by atoms with Crippen molar-refractivity contribution in [3.8, 4) is 0 Å². The first kappa shape index (κ1) is 14.5. The molecule has 1 aromatic rings. The Bertz CT molecular complexity index is 523. The Morgan fingerprint density at radius 1 is 1.48 bits per heavy atom. The van der Waals surface area contributed by atoms with E-state index in [4.69, 9.17) is 4.74 Å². The minimum Gasteiger partial charge on any atom is -0.467 e. The maximum atomic E-state index is 12.5. The average molecular weight is 308 g/mol. The Hall–Kier alpha value is -1.40. The maximum absolute atomic E-state index is 12.5. The molecule has 2 N–H and O–H groups in total. The molecule has 1 aliphatic heterocycles. The van der Waals surface area contributed by atoms with E-state index >= 15 is 0 Å². The van der Waals surface area contributed by atoms with E-state index in [2.05, 4.69) is 10.6 Å². The number of thiophene rings is 1. The van der Waals surface area contributed by atoms with Gasteiger partial charge in [-0.15, -0.1) is 11.3 Å². The fourth-order valence-corrected chi connectivity index (χ4v) is 4.02. The van der Waals surface area contributed by atoms with Crippen LogP contribution >= 0.6 is 11.3 Å². The number of methoxy groups -OCH3 is 1. The Kier molecular flexibility index (Phi) is 3.99. The molecule has 2 fully saturated rings. The van der Waals surface area contributed by atoms with Gasteiger partial charge in [0.25, 0.3) is 0 Å². The smallest absolute Gasteiger partial charge is 0.333 e. The predicted octanol–water partition coefficient (Wildman–Crippen LogP) is 1.47. The van der Waals surface area contributed by atoms with Gasteiger partial charge in [0, 0.05) is 10.8 Å². The largest absolute Gasteiger partial charge is 0.467 e. The van der Waals surface area contributed by atoms with Crippen LogP contribution in [-0.2, 0) is 14.3 Å². The normalized spacial score (nSPS) is 24.3. The number of amides is 1. The van der Waals surface area contributed by atoms with Crippen LogP contribution in [0.3, 0.4) is 0 Å². The molecule has 21 heavy (non-hydrogen) atoms. The highest BCUT2D eigenvalue weighted by Crippen LogP contribution is 2.58. The zero-order valence-electron chi connectivity index (χ0n) is 12.1. The van der Waals surface area contributed by atoms with Crippen molar-refractivity contribution in [3.05, 3.63) is 22.4 Å². The summed E-state index contributed by atoms with van der Waals surface area (Å²) < 4.78 is 4.82. The van der Waals surface area contributed by atoms with Crippen LogP contribution in [0, 0.1) is 11.3 Å². The molecule has 6 heteroatoms. The Balaban J connectivity index is 1.66. The second-order valence-corrected chi connectivity index (χ2v) is 6.83. The molecule has 2 unspecified atom stereocenters. The standard InChI is InChI=1S/C15H20N2O3S/c1-20-14(19)12(11-3-2-8-21-11)17-13(18)10-9-15(10)4-6-16-7-5-15/h2-3,8,10,12,16H,4-7,9H2,1H3,(H,17,18). The molecule has 1 saturated heterocycles. The van der Waals surface area contributed by atoms with Crippen molar-refractivity contribution in [2.75, 3.05) is 20.2 Å². The molecule has 1 spiro atoms. The SMILES string of the molecule is COC(=O)C(NC(=O)C1CC12CCNCC2)c1cccs1. The first-order chi connectivity index (χ1) is 10.2. The lowest BCUT2D eigenvalue weighted by Gasteiger charge is -2.23. The molecular weight excluding hydrogens is 288 g/mol. The van der Waals surface area contributed by atoms with Crippen LogP contribution in [0.1, 0.15) is 30.2 Å². The quantitative estimate of drug-likeness (QED) is 0.827. The number of hydrogen-bond acceptors (Lipinski definition) is 5. The van der Waals surface area contributed by atoms with E-state index in [9.17, 15) is 9.59 Å². The summed E-state index contributed by atoms with van der Waals surface area (Å²) in [6.45, 7) is 1.96. The molecule has 0 bridgehead atoms. The molecule has 0 radical (unpaired) electrons. The first-order valence-corrected chi connectivity index (χ1v) is 8.16. The van der Waals surface area contributed by atoms with Crippen molar-refractivity contribution in [2.24, 2.45) is 11.3 Å². The summed E-state index contributed by atoms with van der Waals surface area (Å²) in [7, 11) is 1.35. The molecule has 0 aromatic carbocycles. The molecule has 3 rings (SSSR count). The zero-order chi connectivity index (χ0) is 14.9. The van der Waals surface area contributed by atoms with E-state index in [-0.39, 0.29) is 17.2 Å². The van der Waals surface area contributed by atoms with Gasteiger partial charge in [0.05, 0.1) is 7.11 Å². The third-order valence-electron chi connectivity index (χ3n) is 4.66. The molecular formula is C15H20N2O3S.